The predicted molar refractivity (Wildman–Crippen MR) is 93.0 cm³/mol. The van der Waals surface area contributed by atoms with E-state index in [1.807, 2.05) is 18.5 Å². The number of fused-ring (bicyclic) bond motifs is 1. The zero-order valence-corrected chi connectivity index (χ0v) is 15.4. The first-order valence-corrected chi connectivity index (χ1v) is 8.61. The quantitative estimate of drug-likeness (QED) is 0.663. The van der Waals surface area contributed by atoms with Gasteiger partial charge in [0.2, 0.25) is 0 Å². The summed E-state index contributed by atoms with van der Waals surface area (Å²) in [6.07, 6.45) is 1.76. The van der Waals surface area contributed by atoms with E-state index < -0.39 is 0 Å². The van der Waals surface area contributed by atoms with Crippen molar-refractivity contribution in [1.82, 2.24) is 29.6 Å². The number of rotatable bonds is 2. The first-order chi connectivity index (χ1) is 11.6. The van der Waals surface area contributed by atoms with Crippen LogP contribution in [-0.2, 0) is 11.8 Å². The van der Waals surface area contributed by atoms with Gasteiger partial charge >= 0.3 is 0 Å². The van der Waals surface area contributed by atoms with Crippen molar-refractivity contribution in [2.45, 2.75) is 19.9 Å². The van der Waals surface area contributed by atoms with Crippen LogP contribution in [0.4, 0.5) is 5.82 Å². The Morgan fingerprint density at radius 3 is 2.92 bits per heavy atom. The molecule has 0 aliphatic carbocycles. The van der Waals surface area contributed by atoms with Crippen molar-refractivity contribution in [3.05, 3.63) is 22.4 Å². The molecule has 3 aromatic rings. The lowest BCUT2D eigenvalue weighted by Crippen LogP contribution is -2.44. The van der Waals surface area contributed by atoms with Crippen molar-refractivity contribution < 1.29 is 4.74 Å². The van der Waals surface area contributed by atoms with Crippen LogP contribution < -0.4 is 4.90 Å². The van der Waals surface area contributed by atoms with Crippen LogP contribution in [0.25, 0.3) is 17.0 Å². The smallest absolute Gasteiger partial charge is 0.172 e. The van der Waals surface area contributed by atoms with Crippen LogP contribution in [0.2, 0.25) is 0 Å². The normalized spacial score (nSPS) is 18.5. The molecule has 0 spiro atoms. The molecule has 0 bridgehead atoms. The topological polar surface area (TPSA) is 73.4 Å². The van der Waals surface area contributed by atoms with Crippen molar-refractivity contribution in [2.75, 3.05) is 24.7 Å². The maximum absolute atomic E-state index is 5.55. The zero-order chi connectivity index (χ0) is 16.8. The van der Waals surface area contributed by atoms with Crippen LogP contribution in [0.5, 0.6) is 0 Å². The van der Waals surface area contributed by atoms with Gasteiger partial charge in [-0.25, -0.2) is 14.2 Å². The highest BCUT2D eigenvalue weighted by Gasteiger charge is 2.24. The first-order valence-electron chi connectivity index (χ1n) is 7.81. The summed E-state index contributed by atoms with van der Waals surface area (Å²) >= 11 is 3.55. The SMILES string of the molecule is Cc1nnn(C)c1-c1cc(N2CCOC[C@H]2C)nc2c(Br)cnn12. The van der Waals surface area contributed by atoms with Gasteiger partial charge in [0.1, 0.15) is 11.5 Å². The molecule has 0 unspecified atom stereocenters. The predicted octanol–water partition coefficient (Wildman–Crippen LogP) is 1.82. The van der Waals surface area contributed by atoms with E-state index in [2.05, 4.69) is 49.2 Å². The summed E-state index contributed by atoms with van der Waals surface area (Å²) in [5, 5.41) is 12.7. The maximum atomic E-state index is 5.55. The number of nitrogens with zero attached hydrogens (tertiary/aromatic N) is 7. The Balaban J connectivity index is 1.95. The van der Waals surface area contributed by atoms with Crippen LogP contribution in [-0.4, -0.2) is 55.4 Å². The second-order valence-corrected chi connectivity index (χ2v) is 6.85. The van der Waals surface area contributed by atoms with Crippen molar-refractivity contribution >= 4 is 27.4 Å². The monoisotopic (exact) mass is 391 g/mol. The molecular weight excluding hydrogens is 374 g/mol. The Morgan fingerprint density at radius 1 is 1.38 bits per heavy atom. The average molecular weight is 392 g/mol. The fraction of sp³-hybridized carbons (Fsp3) is 0.467. The lowest BCUT2D eigenvalue weighted by Gasteiger charge is -2.34. The van der Waals surface area contributed by atoms with Gasteiger partial charge in [-0.15, -0.1) is 5.10 Å². The third kappa shape index (κ3) is 2.39. The van der Waals surface area contributed by atoms with E-state index in [-0.39, 0.29) is 6.04 Å². The van der Waals surface area contributed by atoms with E-state index in [1.54, 1.807) is 10.9 Å². The molecule has 1 fully saturated rings. The molecule has 1 saturated heterocycles. The van der Waals surface area contributed by atoms with Gasteiger partial charge < -0.3 is 9.64 Å². The van der Waals surface area contributed by atoms with Gasteiger partial charge in [0.25, 0.3) is 0 Å². The summed E-state index contributed by atoms with van der Waals surface area (Å²) in [6.45, 7) is 6.32. The standard InChI is InChI=1S/C15H18BrN7O/c1-9-8-24-5-4-22(9)13-6-12(14-10(2)19-20-21(14)3)23-15(18-13)11(16)7-17-23/h6-7,9H,4-5,8H2,1-3H3/t9-/m1/s1. The Bertz CT molecular complexity index is 883. The Morgan fingerprint density at radius 2 is 2.21 bits per heavy atom. The van der Waals surface area contributed by atoms with Crippen LogP contribution in [0.3, 0.4) is 0 Å². The van der Waals surface area contributed by atoms with E-state index >= 15 is 0 Å². The molecule has 1 atom stereocenters. The van der Waals surface area contributed by atoms with Crippen LogP contribution in [0.1, 0.15) is 12.6 Å². The number of ether oxygens (including phenoxy) is 1. The van der Waals surface area contributed by atoms with Gasteiger partial charge in [-0.05, 0) is 29.8 Å². The van der Waals surface area contributed by atoms with Crippen molar-refractivity contribution in [3.8, 4) is 11.4 Å². The van der Waals surface area contributed by atoms with Gasteiger partial charge in [-0.3, -0.25) is 0 Å². The summed E-state index contributed by atoms with van der Waals surface area (Å²) in [5.41, 5.74) is 3.49. The number of aromatic nitrogens is 6. The number of aryl methyl sites for hydroxylation is 2. The van der Waals surface area contributed by atoms with Crippen LogP contribution in [0.15, 0.2) is 16.7 Å². The third-order valence-electron chi connectivity index (χ3n) is 4.31. The van der Waals surface area contributed by atoms with Crippen molar-refractivity contribution in [1.29, 1.82) is 0 Å². The minimum Gasteiger partial charge on any atom is -0.377 e. The zero-order valence-electron chi connectivity index (χ0n) is 13.8. The molecule has 4 rings (SSSR count). The minimum atomic E-state index is 0.272. The first kappa shape index (κ1) is 15.5. The summed E-state index contributed by atoms with van der Waals surface area (Å²) in [4.78, 5) is 7.08. The van der Waals surface area contributed by atoms with Gasteiger partial charge in [-0.2, -0.15) is 5.10 Å². The molecule has 0 N–H and O–H groups in total. The molecule has 4 heterocycles. The fourth-order valence-corrected chi connectivity index (χ4v) is 3.47. The summed E-state index contributed by atoms with van der Waals surface area (Å²) in [6, 6.07) is 2.33. The van der Waals surface area contributed by atoms with Gasteiger partial charge in [0, 0.05) is 19.7 Å². The minimum absolute atomic E-state index is 0.272. The Labute approximate surface area is 147 Å². The lowest BCUT2D eigenvalue weighted by molar-refractivity contribution is 0.0985. The lowest BCUT2D eigenvalue weighted by atomic mass is 10.2. The molecule has 0 amide bonds. The summed E-state index contributed by atoms with van der Waals surface area (Å²) in [5.74, 6) is 0.912. The molecule has 126 valence electrons. The van der Waals surface area contributed by atoms with Gasteiger partial charge in [0.05, 0.1) is 41.3 Å². The van der Waals surface area contributed by atoms with Crippen molar-refractivity contribution in [2.24, 2.45) is 7.05 Å². The fourth-order valence-electron chi connectivity index (χ4n) is 3.12. The number of anilines is 1. The van der Waals surface area contributed by atoms with Gasteiger partial charge in [-0.1, -0.05) is 5.21 Å². The second kappa shape index (κ2) is 5.82. The van der Waals surface area contributed by atoms with E-state index in [1.165, 1.54) is 0 Å². The van der Waals surface area contributed by atoms with Crippen molar-refractivity contribution in [3.63, 3.8) is 0 Å². The third-order valence-corrected chi connectivity index (χ3v) is 4.87. The van der Waals surface area contributed by atoms with Gasteiger partial charge in [0.15, 0.2) is 5.65 Å². The van der Waals surface area contributed by atoms with E-state index in [4.69, 9.17) is 9.72 Å². The number of hydrogen-bond acceptors (Lipinski definition) is 6. The molecular formula is C15H18BrN7O. The second-order valence-electron chi connectivity index (χ2n) is 5.99. The molecule has 9 heteroatoms. The van der Waals surface area contributed by atoms with Crippen LogP contribution in [0, 0.1) is 6.92 Å². The number of hydrogen-bond donors (Lipinski definition) is 0. The molecule has 0 aromatic carbocycles. The Hall–Kier alpha value is -2.00. The summed E-state index contributed by atoms with van der Waals surface area (Å²) in [7, 11) is 1.89. The highest BCUT2D eigenvalue weighted by atomic mass is 79.9. The summed E-state index contributed by atoms with van der Waals surface area (Å²) < 4.78 is 10.0. The van der Waals surface area contributed by atoms with E-state index in [0.717, 1.165) is 39.6 Å². The molecule has 0 saturated carbocycles. The average Bonchev–Trinajstić information content (AvgIpc) is 3.10. The Kier molecular flexibility index (Phi) is 3.76. The molecule has 0 radical (unpaired) electrons. The molecule has 8 nitrogen and oxygen atoms in total. The van der Waals surface area contributed by atoms with E-state index in [9.17, 15) is 0 Å². The van der Waals surface area contributed by atoms with E-state index in [0.29, 0.717) is 13.2 Å². The molecule has 24 heavy (non-hydrogen) atoms. The highest BCUT2D eigenvalue weighted by molar-refractivity contribution is 9.10. The largest absolute Gasteiger partial charge is 0.377 e. The number of halogens is 1. The molecule has 1 aliphatic rings. The molecule has 3 aromatic heterocycles. The number of morpholine rings is 1. The highest BCUT2D eigenvalue weighted by Crippen LogP contribution is 2.29. The van der Waals surface area contributed by atoms with Crippen LogP contribution >= 0.6 is 15.9 Å². The maximum Gasteiger partial charge on any atom is 0.172 e. The molecule has 1 aliphatic heterocycles.